The Balaban J connectivity index is 1.59. The summed E-state index contributed by atoms with van der Waals surface area (Å²) < 4.78 is 19.2. The van der Waals surface area contributed by atoms with E-state index in [9.17, 15) is 9.50 Å². The molecule has 1 aliphatic rings. The average molecular weight is 382 g/mol. The molecule has 0 bridgehead atoms. The van der Waals surface area contributed by atoms with Crippen LogP contribution in [0.15, 0.2) is 40.5 Å². The van der Waals surface area contributed by atoms with Crippen LogP contribution in [0.1, 0.15) is 25.3 Å². The number of nitrogens with one attached hydrogen (secondary N) is 1. The van der Waals surface area contributed by atoms with Crippen LogP contribution in [0.4, 0.5) is 10.4 Å². The zero-order valence-corrected chi connectivity index (χ0v) is 16.0. The minimum Gasteiger partial charge on any atom is -0.507 e. The second-order valence-electron chi connectivity index (χ2n) is 7.07. The molecule has 6 nitrogen and oxygen atoms in total. The summed E-state index contributed by atoms with van der Waals surface area (Å²) in [5, 5.41) is 13.3. The van der Waals surface area contributed by atoms with Crippen molar-refractivity contribution in [2.45, 2.75) is 26.7 Å². The number of hydrogen-bond donors (Lipinski definition) is 2. The molecule has 4 rings (SSSR count). The number of fused-ring (bicyclic) bond motifs is 1. The number of benzene rings is 1. The minimum atomic E-state index is -0.481. The number of hydrogen-bond acceptors (Lipinski definition) is 6. The fourth-order valence-electron chi connectivity index (χ4n) is 3.60. The standard InChI is InChI=1S/C21H23FN4O2/c1-3-26-8-4-5-14(12-26)11-23-21-25-20-18(28-21)7-6-16(24-20)19-13(2)9-15(22)10-17(19)27/h6-7,9-11,27H,3-5,8,12H2,1-2H3,(H,23,24,25). The Labute approximate surface area is 162 Å². The zero-order valence-electron chi connectivity index (χ0n) is 16.0. The SMILES string of the molecule is CCN1CCCC(=CNc2nc3nc(-c4c(C)cc(F)cc4O)ccc3o2)C1. The van der Waals surface area contributed by atoms with E-state index in [0.29, 0.717) is 34.1 Å². The number of piperidine rings is 1. The van der Waals surface area contributed by atoms with E-state index in [1.165, 1.54) is 11.6 Å². The minimum absolute atomic E-state index is 0.145. The van der Waals surface area contributed by atoms with Gasteiger partial charge < -0.3 is 14.8 Å². The molecule has 7 heteroatoms. The molecule has 0 amide bonds. The molecule has 0 saturated carbocycles. The molecule has 3 heterocycles. The number of phenolic OH excluding ortho intramolecular Hbond substituents is 1. The van der Waals surface area contributed by atoms with Gasteiger partial charge in [0.25, 0.3) is 0 Å². The topological polar surface area (TPSA) is 74.4 Å². The first-order valence-corrected chi connectivity index (χ1v) is 9.47. The number of rotatable bonds is 4. The maximum Gasteiger partial charge on any atom is 0.301 e. The van der Waals surface area contributed by atoms with Crippen molar-refractivity contribution >= 4 is 17.2 Å². The predicted molar refractivity (Wildman–Crippen MR) is 107 cm³/mol. The van der Waals surface area contributed by atoms with E-state index in [0.717, 1.165) is 38.5 Å². The Hall–Kier alpha value is -2.93. The molecule has 0 unspecified atom stereocenters. The number of oxazole rings is 1. The van der Waals surface area contributed by atoms with Crippen LogP contribution < -0.4 is 5.32 Å². The van der Waals surface area contributed by atoms with Crippen molar-refractivity contribution in [1.29, 1.82) is 0 Å². The molecule has 2 aromatic heterocycles. The van der Waals surface area contributed by atoms with E-state index in [-0.39, 0.29) is 5.75 Å². The van der Waals surface area contributed by atoms with Crippen LogP contribution in [-0.2, 0) is 0 Å². The molecule has 146 valence electrons. The number of phenols is 1. The van der Waals surface area contributed by atoms with Crippen molar-refractivity contribution in [1.82, 2.24) is 14.9 Å². The normalized spacial score (nSPS) is 16.8. The van der Waals surface area contributed by atoms with Crippen LogP contribution in [0.3, 0.4) is 0 Å². The van der Waals surface area contributed by atoms with Crippen molar-refractivity contribution in [2.75, 3.05) is 25.0 Å². The maximum absolute atomic E-state index is 13.4. The van der Waals surface area contributed by atoms with Gasteiger partial charge in [-0.3, -0.25) is 4.90 Å². The number of aryl methyl sites for hydroxylation is 1. The number of anilines is 1. The van der Waals surface area contributed by atoms with E-state index in [4.69, 9.17) is 4.42 Å². The maximum atomic E-state index is 13.4. The third kappa shape index (κ3) is 3.71. The number of likely N-dealkylation sites (N-methyl/N-ethyl adjacent to an activating group) is 1. The highest BCUT2D eigenvalue weighted by Crippen LogP contribution is 2.33. The first-order chi connectivity index (χ1) is 13.5. The highest BCUT2D eigenvalue weighted by molar-refractivity contribution is 5.78. The summed E-state index contributed by atoms with van der Waals surface area (Å²) in [5.74, 6) is -0.626. The first kappa shape index (κ1) is 18.4. The molecule has 1 fully saturated rings. The highest BCUT2D eigenvalue weighted by Gasteiger charge is 2.15. The van der Waals surface area contributed by atoms with Gasteiger partial charge in [-0.2, -0.15) is 4.98 Å². The monoisotopic (exact) mass is 382 g/mol. The van der Waals surface area contributed by atoms with E-state index in [1.54, 1.807) is 19.1 Å². The number of halogens is 1. The summed E-state index contributed by atoms with van der Waals surface area (Å²) in [6.45, 7) is 7.04. The third-order valence-electron chi connectivity index (χ3n) is 5.03. The van der Waals surface area contributed by atoms with Crippen molar-refractivity contribution in [2.24, 2.45) is 0 Å². The van der Waals surface area contributed by atoms with Crippen LogP contribution in [0.5, 0.6) is 5.75 Å². The molecular formula is C21H23FN4O2. The average Bonchev–Trinajstić information content (AvgIpc) is 3.08. The lowest BCUT2D eigenvalue weighted by Gasteiger charge is -2.27. The fraction of sp³-hybridized carbons (Fsp3) is 0.333. The van der Waals surface area contributed by atoms with Gasteiger partial charge in [-0.1, -0.05) is 6.92 Å². The Kier molecular flexibility index (Phi) is 5.00. The van der Waals surface area contributed by atoms with Crippen LogP contribution in [-0.4, -0.2) is 39.6 Å². The number of aromatic hydroxyl groups is 1. The van der Waals surface area contributed by atoms with Crippen LogP contribution in [0, 0.1) is 12.7 Å². The van der Waals surface area contributed by atoms with E-state index >= 15 is 0 Å². The lowest BCUT2D eigenvalue weighted by molar-refractivity contribution is 0.279. The molecule has 0 radical (unpaired) electrons. The van der Waals surface area contributed by atoms with E-state index in [1.807, 2.05) is 6.20 Å². The summed E-state index contributed by atoms with van der Waals surface area (Å²) in [5.41, 5.74) is 3.91. The number of nitrogens with zero attached hydrogens (tertiary/aromatic N) is 3. The lowest BCUT2D eigenvalue weighted by atomic mass is 10.0. The van der Waals surface area contributed by atoms with Crippen LogP contribution in [0.2, 0.25) is 0 Å². The summed E-state index contributed by atoms with van der Waals surface area (Å²) in [6.07, 6.45) is 4.18. The van der Waals surface area contributed by atoms with Crippen molar-refractivity contribution in [3.05, 3.63) is 47.4 Å². The zero-order chi connectivity index (χ0) is 19.7. The van der Waals surface area contributed by atoms with Gasteiger partial charge in [0.05, 0.1) is 5.69 Å². The second kappa shape index (κ2) is 7.59. The second-order valence-corrected chi connectivity index (χ2v) is 7.07. The van der Waals surface area contributed by atoms with Gasteiger partial charge in [-0.05, 0) is 62.2 Å². The number of likely N-dealkylation sites (tertiary alicyclic amines) is 1. The Morgan fingerprint density at radius 2 is 2.18 bits per heavy atom. The highest BCUT2D eigenvalue weighted by atomic mass is 19.1. The fourth-order valence-corrected chi connectivity index (χ4v) is 3.60. The Morgan fingerprint density at radius 3 is 2.96 bits per heavy atom. The molecule has 1 aliphatic heterocycles. The Bertz CT molecular complexity index is 1020. The van der Waals surface area contributed by atoms with Crippen LogP contribution in [0.25, 0.3) is 22.5 Å². The van der Waals surface area contributed by atoms with E-state index in [2.05, 4.69) is 27.1 Å². The van der Waals surface area contributed by atoms with Gasteiger partial charge in [0.2, 0.25) is 5.65 Å². The van der Waals surface area contributed by atoms with Gasteiger partial charge in [-0.15, -0.1) is 0 Å². The first-order valence-electron chi connectivity index (χ1n) is 9.47. The molecule has 1 saturated heterocycles. The molecule has 0 atom stereocenters. The van der Waals surface area contributed by atoms with Gasteiger partial charge >= 0.3 is 6.01 Å². The van der Waals surface area contributed by atoms with Crippen molar-refractivity contribution < 1.29 is 13.9 Å². The number of pyridine rings is 1. The predicted octanol–water partition coefficient (Wildman–Crippen LogP) is 4.45. The molecular weight excluding hydrogens is 359 g/mol. The van der Waals surface area contributed by atoms with Gasteiger partial charge in [-0.25, -0.2) is 9.37 Å². The third-order valence-corrected chi connectivity index (χ3v) is 5.03. The smallest absolute Gasteiger partial charge is 0.301 e. The van der Waals surface area contributed by atoms with Gasteiger partial charge in [0, 0.05) is 24.4 Å². The summed E-state index contributed by atoms with van der Waals surface area (Å²) in [4.78, 5) is 11.3. The quantitative estimate of drug-likeness (QED) is 0.694. The molecule has 2 N–H and O–H groups in total. The molecule has 28 heavy (non-hydrogen) atoms. The molecule has 0 aliphatic carbocycles. The molecule has 1 aromatic carbocycles. The van der Waals surface area contributed by atoms with Gasteiger partial charge in [0.1, 0.15) is 11.6 Å². The summed E-state index contributed by atoms with van der Waals surface area (Å²) in [7, 11) is 0. The largest absolute Gasteiger partial charge is 0.507 e. The van der Waals surface area contributed by atoms with Crippen molar-refractivity contribution in [3.63, 3.8) is 0 Å². The summed E-state index contributed by atoms with van der Waals surface area (Å²) >= 11 is 0. The summed E-state index contributed by atoms with van der Waals surface area (Å²) in [6, 6.07) is 6.31. The van der Waals surface area contributed by atoms with Crippen molar-refractivity contribution in [3.8, 4) is 17.0 Å². The number of aromatic nitrogens is 2. The molecule has 0 spiro atoms. The Morgan fingerprint density at radius 1 is 1.32 bits per heavy atom. The van der Waals surface area contributed by atoms with E-state index < -0.39 is 5.82 Å². The van der Waals surface area contributed by atoms with Crippen LogP contribution >= 0.6 is 0 Å². The van der Waals surface area contributed by atoms with Gasteiger partial charge in [0.15, 0.2) is 5.58 Å². The molecule has 3 aromatic rings. The lowest BCUT2D eigenvalue weighted by Crippen LogP contribution is -2.31.